The van der Waals surface area contributed by atoms with Crippen molar-refractivity contribution in [3.05, 3.63) is 58.0 Å². The molecule has 0 atom stereocenters. The zero-order valence-electron chi connectivity index (χ0n) is 15.6. The van der Waals surface area contributed by atoms with Gasteiger partial charge in [-0.05, 0) is 30.5 Å². The van der Waals surface area contributed by atoms with Gasteiger partial charge in [-0.2, -0.15) is 4.98 Å². The number of nitrogens with zero attached hydrogens (tertiary/aromatic N) is 4. The highest BCUT2D eigenvalue weighted by atomic mass is 32.1. The van der Waals surface area contributed by atoms with E-state index in [4.69, 9.17) is 4.52 Å². The van der Waals surface area contributed by atoms with Gasteiger partial charge in [0.1, 0.15) is 0 Å². The van der Waals surface area contributed by atoms with Crippen molar-refractivity contribution in [2.45, 2.75) is 26.3 Å². The molecule has 0 spiro atoms. The Morgan fingerprint density at radius 1 is 1.21 bits per heavy atom. The maximum Gasteiger partial charge on any atom is 0.262 e. The van der Waals surface area contributed by atoms with Gasteiger partial charge in [-0.3, -0.25) is 25.0 Å². The number of amides is 1. The first-order chi connectivity index (χ1) is 14.2. The molecule has 1 amide bonds. The van der Waals surface area contributed by atoms with Crippen LogP contribution in [-0.4, -0.2) is 25.6 Å². The zero-order valence-corrected chi connectivity index (χ0v) is 16.4. The summed E-state index contributed by atoms with van der Waals surface area (Å²) in [6.45, 7) is 2.26. The minimum Gasteiger partial charge on any atom is -0.339 e. The molecule has 0 fully saturated rings. The fourth-order valence-electron chi connectivity index (χ4n) is 2.83. The molecule has 148 valence electrons. The number of fused-ring (bicyclic) bond motifs is 1. The summed E-state index contributed by atoms with van der Waals surface area (Å²) in [4.78, 5) is 34.4. The summed E-state index contributed by atoms with van der Waals surface area (Å²) in [6, 6.07) is 10.9. The van der Waals surface area contributed by atoms with Gasteiger partial charge >= 0.3 is 0 Å². The molecule has 29 heavy (non-hydrogen) atoms. The Hall–Kier alpha value is -3.53. The van der Waals surface area contributed by atoms with E-state index in [1.165, 1.54) is 15.9 Å². The molecule has 9 nitrogen and oxygen atoms in total. The van der Waals surface area contributed by atoms with Crippen LogP contribution in [0.15, 0.2) is 51.1 Å². The second-order valence-electron chi connectivity index (χ2n) is 6.16. The lowest BCUT2D eigenvalue weighted by Crippen LogP contribution is -2.34. The van der Waals surface area contributed by atoms with Gasteiger partial charge in [-0.1, -0.05) is 23.4 Å². The largest absolute Gasteiger partial charge is 0.339 e. The molecule has 0 bridgehead atoms. The second-order valence-corrected chi connectivity index (χ2v) is 7.11. The third-order valence-corrected chi connectivity index (χ3v) is 5.13. The van der Waals surface area contributed by atoms with E-state index in [9.17, 15) is 9.59 Å². The molecule has 0 aliphatic heterocycles. The van der Waals surface area contributed by atoms with E-state index in [1.54, 1.807) is 18.2 Å². The smallest absolute Gasteiger partial charge is 0.262 e. The SMILES string of the molecule is CCn1c(NNC(=O)CCc2nc(-c3cccs3)no2)nc2ccccc2c1=O. The van der Waals surface area contributed by atoms with E-state index >= 15 is 0 Å². The summed E-state index contributed by atoms with van der Waals surface area (Å²) in [5.41, 5.74) is 5.72. The van der Waals surface area contributed by atoms with Gasteiger partial charge in [0.25, 0.3) is 5.56 Å². The lowest BCUT2D eigenvalue weighted by Gasteiger charge is -2.13. The van der Waals surface area contributed by atoms with E-state index < -0.39 is 0 Å². The molecule has 0 aliphatic carbocycles. The van der Waals surface area contributed by atoms with Crippen LogP contribution in [0.1, 0.15) is 19.2 Å². The van der Waals surface area contributed by atoms with Gasteiger partial charge in [-0.25, -0.2) is 4.98 Å². The van der Waals surface area contributed by atoms with Crippen molar-refractivity contribution in [2.24, 2.45) is 0 Å². The van der Waals surface area contributed by atoms with Crippen molar-refractivity contribution in [1.82, 2.24) is 25.1 Å². The highest BCUT2D eigenvalue weighted by Crippen LogP contribution is 2.21. The van der Waals surface area contributed by atoms with Crippen molar-refractivity contribution < 1.29 is 9.32 Å². The number of carbonyl (C=O) groups excluding carboxylic acids is 1. The standard InChI is InChI=1S/C19H18N6O3S/c1-2-25-18(27)12-6-3-4-7-13(12)20-19(25)23-22-15(26)9-10-16-21-17(24-28-16)14-8-5-11-29-14/h3-8,11H,2,9-10H2,1H3,(H,20,23)(H,22,26). The van der Waals surface area contributed by atoms with E-state index in [-0.39, 0.29) is 23.8 Å². The molecule has 2 N–H and O–H groups in total. The van der Waals surface area contributed by atoms with Crippen LogP contribution in [0.4, 0.5) is 5.95 Å². The molecule has 0 saturated carbocycles. The van der Waals surface area contributed by atoms with Gasteiger partial charge in [-0.15, -0.1) is 11.3 Å². The van der Waals surface area contributed by atoms with Crippen LogP contribution in [0.2, 0.25) is 0 Å². The van der Waals surface area contributed by atoms with E-state index in [0.29, 0.717) is 35.6 Å². The molecule has 0 aliphatic rings. The number of carbonyl (C=O) groups is 1. The predicted molar refractivity (Wildman–Crippen MR) is 109 cm³/mol. The molecule has 3 heterocycles. The molecule has 4 rings (SSSR count). The number of hydrogen-bond acceptors (Lipinski definition) is 8. The van der Waals surface area contributed by atoms with E-state index in [0.717, 1.165) is 4.88 Å². The van der Waals surface area contributed by atoms with Crippen molar-refractivity contribution in [3.63, 3.8) is 0 Å². The molecule has 0 saturated heterocycles. The number of rotatable bonds is 7. The Morgan fingerprint density at radius 2 is 2.07 bits per heavy atom. The Kier molecular flexibility index (Phi) is 5.34. The van der Waals surface area contributed by atoms with Crippen LogP contribution in [-0.2, 0) is 17.8 Å². The topological polar surface area (TPSA) is 115 Å². The van der Waals surface area contributed by atoms with Gasteiger partial charge in [0.05, 0.1) is 15.8 Å². The molecule has 10 heteroatoms. The number of para-hydroxylation sites is 1. The fraction of sp³-hybridized carbons (Fsp3) is 0.211. The summed E-state index contributed by atoms with van der Waals surface area (Å²) in [6.07, 6.45) is 0.445. The molecule has 1 aromatic carbocycles. The molecule has 0 unspecified atom stereocenters. The minimum absolute atomic E-state index is 0.142. The Bertz CT molecular complexity index is 1200. The van der Waals surface area contributed by atoms with Crippen LogP contribution in [0.5, 0.6) is 0 Å². The molecular weight excluding hydrogens is 392 g/mol. The molecule has 3 aromatic heterocycles. The maximum absolute atomic E-state index is 12.6. The fourth-order valence-corrected chi connectivity index (χ4v) is 3.48. The lowest BCUT2D eigenvalue weighted by atomic mass is 10.2. The average Bonchev–Trinajstić information content (AvgIpc) is 3.42. The number of anilines is 1. The monoisotopic (exact) mass is 410 g/mol. The molecule has 4 aromatic rings. The summed E-state index contributed by atoms with van der Waals surface area (Å²) in [5, 5.41) is 6.38. The van der Waals surface area contributed by atoms with Gasteiger partial charge in [0.15, 0.2) is 0 Å². The highest BCUT2D eigenvalue weighted by Gasteiger charge is 2.13. The highest BCUT2D eigenvalue weighted by molar-refractivity contribution is 7.13. The maximum atomic E-state index is 12.6. The second kappa shape index (κ2) is 8.23. The Labute approximate surface area is 169 Å². The first-order valence-corrected chi connectivity index (χ1v) is 9.94. The molecular formula is C19H18N6O3S. The van der Waals surface area contributed by atoms with Crippen LogP contribution in [0.25, 0.3) is 21.6 Å². The number of aromatic nitrogens is 4. The summed E-state index contributed by atoms with van der Waals surface area (Å²) in [5.74, 6) is 0.895. The van der Waals surface area contributed by atoms with Crippen molar-refractivity contribution in [1.29, 1.82) is 0 Å². The summed E-state index contributed by atoms with van der Waals surface area (Å²) < 4.78 is 6.66. The minimum atomic E-state index is -0.286. The normalized spacial score (nSPS) is 10.9. The third kappa shape index (κ3) is 4.02. The number of thiophene rings is 1. The number of hydrazine groups is 1. The quantitative estimate of drug-likeness (QED) is 0.450. The third-order valence-electron chi connectivity index (χ3n) is 4.27. The number of hydrogen-bond donors (Lipinski definition) is 2. The lowest BCUT2D eigenvalue weighted by molar-refractivity contribution is -0.120. The number of aryl methyl sites for hydroxylation is 1. The Balaban J connectivity index is 1.39. The van der Waals surface area contributed by atoms with E-state index in [2.05, 4.69) is 26.0 Å². The van der Waals surface area contributed by atoms with Gasteiger partial charge < -0.3 is 4.52 Å². The summed E-state index contributed by atoms with van der Waals surface area (Å²) >= 11 is 1.52. The molecule has 0 radical (unpaired) electrons. The van der Waals surface area contributed by atoms with Crippen LogP contribution in [0, 0.1) is 0 Å². The van der Waals surface area contributed by atoms with E-state index in [1.807, 2.05) is 30.5 Å². The van der Waals surface area contributed by atoms with Crippen molar-refractivity contribution in [2.75, 3.05) is 5.43 Å². The van der Waals surface area contributed by atoms with Gasteiger partial charge in [0.2, 0.25) is 23.6 Å². The van der Waals surface area contributed by atoms with Crippen LogP contribution >= 0.6 is 11.3 Å². The summed E-state index contributed by atoms with van der Waals surface area (Å²) in [7, 11) is 0. The van der Waals surface area contributed by atoms with Gasteiger partial charge in [0, 0.05) is 19.4 Å². The average molecular weight is 410 g/mol. The first kappa shape index (κ1) is 18.8. The predicted octanol–water partition coefficient (Wildman–Crippen LogP) is 2.60. The van der Waals surface area contributed by atoms with Crippen LogP contribution in [0.3, 0.4) is 0 Å². The number of benzene rings is 1. The zero-order chi connectivity index (χ0) is 20.2. The number of nitrogens with one attached hydrogen (secondary N) is 2. The van der Waals surface area contributed by atoms with Crippen LogP contribution < -0.4 is 16.4 Å². The Morgan fingerprint density at radius 3 is 2.86 bits per heavy atom. The van der Waals surface area contributed by atoms with Crippen molar-refractivity contribution >= 4 is 34.1 Å². The van der Waals surface area contributed by atoms with Crippen molar-refractivity contribution in [3.8, 4) is 10.7 Å². The first-order valence-electron chi connectivity index (χ1n) is 9.06.